The summed E-state index contributed by atoms with van der Waals surface area (Å²) in [5, 5.41) is 9.18. The fraction of sp³-hybridized carbons (Fsp3) is 0.0588. The first kappa shape index (κ1) is 14.4. The van der Waals surface area contributed by atoms with E-state index in [-0.39, 0.29) is 23.4 Å². The predicted octanol–water partition coefficient (Wildman–Crippen LogP) is 3.63. The van der Waals surface area contributed by atoms with Crippen LogP contribution in [0.2, 0.25) is 0 Å². The third-order valence-electron chi connectivity index (χ3n) is 3.23. The second kappa shape index (κ2) is 6.07. The van der Waals surface area contributed by atoms with Gasteiger partial charge in [0, 0.05) is 0 Å². The van der Waals surface area contributed by atoms with E-state index in [4.69, 9.17) is 0 Å². The highest BCUT2D eigenvalue weighted by molar-refractivity contribution is 8.18. The van der Waals surface area contributed by atoms with Crippen LogP contribution in [0, 0.1) is 0 Å². The molecular weight excluding hydrogens is 298 g/mol. The third kappa shape index (κ3) is 3.04. The molecule has 1 saturated heterocycles. The molecule has 2 aromatic carbocycles. The summed E-state index contributed by atoms with van der Waals surface area (Å²) in [4.78, 5) is 26.0. The maximum Gasteiger partial charge on any atom is 0.293 e. The normalized spacial score (nSPS) is 16.5. The van der Waals surface area contributed by atoms with Crippen molar-refractivity contribution in [3.05, 3.63) is 70.6 Å². The van der Waals surface area contributed by atoms with Gasteiger partial charge in [-0.05, 0) is 41.1 Å². The van der Waals surface area contributed by atoms with Crippen molar-refractivity contribution in [3.63, 3.8) is 0 Å². The van der Waals surface area contributed by atoms with Gasteiger partial charge in [-0.2, -0.15) is 0 Å². The molecule has 0 aliphatic carbocycles. The number of amides is 2. The van der Waals surface area contributed by atoms with Crippen molar-refractivity contribution in [2.45, 2.75) is 6.54 Å². The number of carbonyl (C=O) groups is 2. The molecule has 0 saturated carbocycles. The first-order valence-electron chi connectivity index (χ1n) is 6.72. The molecule has 3 rings (SSSR count). The number of hydrogen-bond acceptors (Lipinski definition) is 4. The number of aromatic hydroxyl groups is 1. The first-order chi connectivity index (χ1) is 10.6. The topological polar surface area (TPSA) is 57.6 Å². The van der Waals surface area contributed by atoms with Crippen molar-refractivity contribution in [2.75, 3.05) is 0 Å². The number of rotatable bonds is 3. The van der Waals surface area contributed by atoms with Gasteiger partial charge >= 0.3 is 0 Å². The van der Waals surface area contributed by atoms with E-state index in [0.29, 0.717) is 10.5 Å². The van der Waals surface area contributed by atoms with E-state index in [1.54, 1.807) is 30.3 Å². The smallest absolute Gasteiger partial charge is 0.293 e. The Morgan fingerprint density at radius 2 is 1.82 bits per heavy atom. The van der Waals surface area contributed by atoms with Crippen LogP contribution < -0.4 is 0 Å². The molecule has 1 aliphatic rings. The molecule has 0 atom stereocenters. The van der Waals surface area contributed by atoms with Crippen molar-refractivity contribution in [1.29, 1.82) is 0 Å². The Hall–Kier alpha value is -2.53. The quantitative estimate of drug-likeness (QED) is 0.879. The van der Waals surface area contributed by atoms with E-state index in [9.17, 15) is 14.7 Å². The summed E-state index contributed by atoms with van der Waals surface area (Å²) in [6, 6.07) is 15.9. The number of phenolic OH excluding ortho intramolecular Hbond substituents is 1. The van der Waals surface area contributed by atoms with Crippen molar-refractivity contribution in [1.82, 2.24) is 4.90 Å². The van der Waals surface area contributed by atoms with Gasteiger partial charge in [0.25, 0.3) is 11.1 Å². The average molecular weight is 311 g/mol. The van der Waals surface area contributed by atoms with E-state index in [2.05, 4.69) is 0 Å². The standard InChI is InChI=1S/C17H13NO3S/c19-14-8-4-7-13(9-14)10-15-16(20)18(17(21)22-15)11-12-5-2-1-3-6-12/h1-10,19H,11H2/b15-10+. The Balaban J connectivity index is 1.82. The first-order valence-corrected chi connectivity index (χ1v) is 7.53. The molecule has 0 bridgehead atoms. The van der Waals surface area contributed by atoms with Gasteiger partial charge in [-0.1, -0.05) is 42.5 Å². The van der Waals surface area contributed by atoms with Crippen molar-refractivity contribution >= 4 is 29.0 Å². The second-order valence-corrected chi connectivity index (χ2v) is 5.84. The summed E-state index contributed by atoms with van der Waals surface area (Å²) >= 11 is 0.919. The number of hydrogen-bond donors (Lipinski definition) is 1. The molecule has 110 valence electrons. The SMILES string of the molecule is O=C1S/C(=C/c2cccc(O)c2)C(=O)N1Cc1ccccc1. The van der Waals surface area contributed by atoms with E-state index < -0.39 is 0 Å². The highest BCUT2D eigenvalue weighted by Crippen LogP contribution is 2.33. The van der Waals surface area contributed by atoms with Crippen LogP contribution in [0.1, 0.15) is 11.1 Å². The second-order valence-electron chi connectivity index (χ2n) is 4.85. The molecule has 0 spiro atoms. The highest BCUT2D eigenvalue weighted by atomic mass is 32.2. The maximum atomic E-state index is 12.4. The Morgan fingerprint density at radius 3 is 2.55 bits per heavy atom. The molecular formula is C17H13NO3S. The number of thioether (sulfide) groups is 1. The summed E-state index contributed by atoms with van der Waals surface area (Å²) in [5.74, 6) is -0.181. The minimum Gasteiger partial charge on any atom is -0.508 e. The van der Waals surface area contributed by atoms with Crippen molar-refractivity contribution < 1.29 is 14.7 Å². The lowest BCUT2D eigenvalue weighted by molar-refractivity contribution is -0.123. The molecule has 0 radical (unpaired) electrons. The molecule has 1 heterocycles. The van der Waals surface area contributed by atoms with Gasteiger partial charge in [0.15, 0.2) is 0 Å². The number of imide groups is 1. The van der Waals surface area contributed by atoms with Gasteiger partial charge < -0.3 is 5.11 Å². The third-order valence-corrected chi connectivity index (χ3v) is 4.13. The van der Waals surface area contributed by atoms with Crippen LogP contribution in [0.5, 0.6) is 5.75 Å². The zero-order valence-corrected chi connectivity index (χ0v) is 12.4. The molecule has 2 amide bonds. The summed E-state index contributed by atoms with van der Waals surface area (Å²) in [5.41, 5.74) is 1.59. The van der Waals surface area contributed by atoms with Crippen LogP contribution in [0.25, 0.3) is 6.08 Å². The Bertz CT molecular complexity index is 756. The minimum absolute atomic E-state index is 0.122. The summed E-state index contributed by atoms with van der Waals surface area (Å²) < 4.78 is 0. The largest absolute Gasteiger partial charge is 0.508 e. The summed E-state index contributed by atoms with van der Waals surface area (Å²) in [6.07, 6.45) is 1.62. The van der Waals surface area contributed by atoms with E-state index in [0.717, 1.165) is 17.3 Å². The molecule has 2 aromatic rings. The van der Waals surface area contributed by atoms with Crippen LogP contribution in [-0.2, 0) is 11.3 Å². The minimum atomic E-state index is -0.304. The predicted molar refractivity (Wildman–Crippen MR) is 86.1 cm³/mol. The van der Waals surface area contributed by atoms with Crippen LogP contribution >= 0.6 is 11.8 Å². The fourth-order valence-corrected chi connectivity index (χ4v) is 3.01. The number of benzene rings is 2. The zero-order valence-electron chi connectivity index (χ0n) is 11.6. The fourth-order valence-electron chi connectivity index (χ4n) is 2.17. The average Bonchev–Trinajstić information content (AvgIpc) is 2.76. The number of nitrogens with zero attached hydrogens (tertiary/aromatic N) is 1. The molecule has 0 aromatic heterocycles. The zero-order chi connectivity index (χ0) is 15.5. The lowest BCUT2D eigenvalue weighted by atomic mass is 10.2. The molecule has 1 aliphatic heterocycles. The number of phenols is 1. The molecule has 5 heteroatoms. The van der Waals surface area contributed by atoms with Crippen molar-refractivity contribution in [3.8, 4) is 5.75 Å². The lowest BCUT2D eigenvalue weighted by Gasteiger charge is -2.12. The van der Waals surface area contributed by atoms with Crippen LogP contribution in [0.15, 0.2) is 59.5 Å². The van der Waals surface area contributed by atoms with Gasteiger partial charge in [0.2, 0.25) is 0 Å². The molecule has 4 nitrogen and oxygen atoms in total. The van der Waals surface area contributed by atoms with Crippen molar-refractivity contribution in [2.24, 2.45) is 0 Å². The van der Waals surface area contributed by atoms with Crippen LogP contribution in [-0.4, -0.2) is 21.2 Å². The molecule has 0 unspecified atom stereocenters. The van der Waals surface area contributed by atoms with Crippen LogP contribution in [0.4, 0.5) is 4.79 Å². The Kier molecular flexibility index (Phi) is 3.98. The molecule has 22 heavy (non-hydrogen) atoms. The van der Waals surface area contributed by atoms with Crippen LogP contribution in [0.3, 0.4) is 0 Å². The van der Waals surface area contributed by atoms with Gasteiger partial charge in [-0.15, -0.1) is 0 Å². The highest BCUT2D eigenvalue weighted by Gasteiger charge is 2.34. The molecule has 1 N–H and O–H groups in total. The maximum absolute atomic E-state index is 12.4. The summed E-state index contributed by atoms with van der Waals surface area (Å²) in [7, 11) is 0. The van der Waals surface area contributed by atoms with E-state index >= 15 is 0 Å². The summed E-state index contributed by atoms with van der Waals surface area (Å²) in [6.45, 7) is 0.267. The lowest BCUT2D eigenvalue weighted by Crippen LogP contribution is -2.27. The molecule has 1 fully saturated rings. The Labute approximate surface area is 132 Å². The van der Waals surface area contributed by atoms with Gasteiger partial charge in [0.05, 0.1) is 11.4 Å². The van der Waals surface area contributed by atoms with Gasteiger partial charge in [-0.25, -0.2) is 0 Å². The van der Waals surface area contributed by atoms with Gasteiger partial charge in [0.1, 0.15) is 5.75 Å². The monoisotopic (exact) mass is 311 g/mol. The number of carbonyl (C=O) groups excluding carboxylic acids is 2. The Morgan fingerprint density at radius 1 is 1.05 bits per heavy atom. The van der Waals surface area contributed by atoms with E-state index in [1.807, 2.05) is 30.3 Å². The van der Waals surface area contributed by atoms with Gasteiger partial charge in [-0.3, -0.25) is 14.5 Å². The van der Waals surface area contributed by atoms with E-state index in [1.165, 1.54) is 4.90 Å².